The van der Waals surface area contributed by atoms with Gasteiger partial charge in [-0.25, -0.2) is 0 Å². The van der Waals surface area contributed by atoms with Crippen molar-refractivity contribution in [2.24, 2.45) is 5.73 Å². The molecule has 0 bridgehead atoms. The van der Waals surface area contributed by atoms with Gasteiger partial charge in [-0.05, 0) is 48.7 Å². The van der Waals surface area contributed by atoms with E-state index >= 15 is 0 Å². The van der Waals surface area contributed by atoms with E-state index in [1.54, 1.807) is 29.2 Å². The summed E-state index contributed by atoms with van der Waals surface area (Å²) in [6, 6.07) is 12.2. The minimum Gasteiger partial charge on any atom is -0.454 e. The van der Waals surface area contributed by atoms with Crippen molar-refractivity contribution in [3.05, 3.63) is 53.6 Å². The number of hydrogen-bond donors (Lipinski definition) is 1. The van der Waals surface area contributed by atoms with Gasteiger partial charge in [0.15, 0.2) is 17.0 Å². The van der Waals surface area contributed by atoms with E-state index in [4.69, 9.17) is 26.8 Å². The zero-order chi connectivity index (χ0) is 20.4. The number of benzene rings is 2. The zero-order valence-electron chi connectivity index (χ0n) is 15.8. The highest BCUT2D eigenvalue weighted by molar-refractivity contribution is 6.32. The summed E-state index contributed by atoms with van der Waals surface area (Å²) in [6.07, 6.45) is 2.05. The number of anilines is 1. The predicted molar refractivity (Wildman–Crippen MR) is 109 cm³/mol. The zero-order valence-corrected chi connectivity index (χ0v) is 16.6. The second-order valence-corrected chi connectivity index (χ2v) is 7.52. The molecule has 2 aliphatic heterocycles. The number of nitrogens with zero attached hydrogens (tertiary/aromatic N) is 2. The summed E-state index contributed by atoms with van der Waals surface area (Å²) < 4.78 is 10.8. The van der Waals surface area contributed by atoms with E-state index in [1.165, 1.54) is 0 Å². The van der Waals surface area contributed by atoms with Gasteiger partial charge in [-0.1, -0.05) is 23.7 Å². The van der Waals surface area contributed by atoms with Crippen molar-refractivity contribution in [1.29, 1.82) is 0 Å². The Labute approximate surface area is 173 Å². The molecule has 1 atom stereocenters. The first-order chi connectivity index (χ1) is 14.0. The molecule has 7 nitrogen and oxygen atoms in total. The molecule has 0 aromatic heterocycles. The highest BCUT2D eigenvalue weighted by Gasteiger charge is 2.31. The minimum atomic E-state index is -0.774. The Hall–Kier alpha value is -2.77. The average molecular weight is 416 g/mol. The molecule has 0 saturated carbocycles. The fourth-order valence-electron chi connectivity index (χ4n) is 3.60. The van der Waals surface area contributed by atoms with Crippen molar-refractivity contribution in [2.45, 2.75) is 24.9 Å². The Balaban J connectivity index is 1.65. The molecule has 2 N–H and O–H groups in total. The second-order valence-electron chi connectivity index (χ2n) is 7.11. The van der Waals surface area contributed by atoms with Crippen LogP contribution >= 0.6 is 11.6 Å². The van der Waals surface area contributed by atoms with Crippen LogP contribution in [0.5, 0.6) is 11.5 Å². The first-order valence-corrected chi connectivity index (χ1v) is 9.94. The summed E-state index contributed by atoms with van der Waals surface area (Å²) >= 11 is 6.54. The molecular weight excluding hydrogens is 394 g/mol. The van der Waals surface area contributed by atoms with E-state index in [0.717, 1.165) is 31.5 Å². The Morgan fingerprint density at radius 2 is 1.86 bits per heavy atom. The van der Waals surface area contributed by atoms with Gasteiger partial charge < -0.3 is 20.1 Å². The standard InChI is InChI=1S/C21H22ClN3O4/c22-19(24-8-1-2-9-24)21(27)25(16-5-3-4-15(11-16)20(23)26)12-14-6-7-17-18(10-14)29-13-28-17/h3-7,10-11,19H,1-2,8-9,12-13H2,(H2,23,26). The summed E-state index contributed by atoms with van der Waals surface area (Å²) in [5.41, 5.74) is 6.41. The molecule has 2 aromatic rings. The maximum atomic E-state index is 13.3. The molecule has 0 radical (unpaired) electrons. The van der Waals surface area contributed by atoms with Gasteiger partial charge in [-0.3, -0.25) is 14.5 Å². The first-order valence-electron chi connectivity index (χ1n) is 9.51. The highest BCUT2D eigenvalue weighted by Crippen LogP contribution is 2.33. The molecule has 0 spiro atoms. The predicted octanol–water partition coefficient (Wildman–Crippen LogP) is 2.71. The Kier molecular flexibility index (Phi) is 5.60. The van der Waals surface area contributed by atoms with Crippen molar-refractivity contribution in [1.82, 2.24) is 4.90 Å². The van der Waals surface area contributed by atoms with E-state index in [2.05, 4.69) is 0 Å². The van der Waals surface area contributed by atoms with Crippen molar-refractivity contribution in [3.63, 3.8) is 0 Å². The monoisotopic (exact) mass is 415 g/mol. The smallest absolute Gasteiger partial charge is 0.260 e. The molecule has 0 aliphatic carbocycles. The molecule has 152 valence electrons. The topological polar surface area (TPSA) is 85.1 Å². The van der Waals surface area contributed by atoms with Crippen LogP contribution in [0.4, 0.5) is 5.69 Å². The van der Waals surface area contributed by atoms with Crippen LogP contribution in [0.2, 0.25) is 0 Å². The lowest BCUT2D eigenvalue weighted by atomic mass is 10.1. The van der Waals surface area contributed by atoms with Crippen LogP contribution in [-0.2, 0) is 11.3 Å². The van der Waals surface area contributed by atoms with E-state index in [0.29, 0.717) is 22.7 Å². The molecule has 2 aromatic carbocycles. The third-order valence-electron chi connectivity index (χ3n) is 5.15. The number of fused-ring (bicyclic) bond motifs is 1. The number of halogens is 1. The van der Waals surface area contributed by atoms with Gasteiger partial charge in [0.1, 0.15) is 0 Å². The minimum absolute atomic E-state index is 0.181. The summed E-state index contributed by atoms with van der Waals surface area (Å²) in [7, 11) is 0. The molecule has 2 heterocycles. The van der Waals surface area contributed by atoms with Crippen LogP contribution in [0.25, 0.3) is 0 Å². The van der Waals surface area contributed by atoms with Gasteiger partial charge in [-0.2, -0.15) is 0 Å². The number of carbonyl (C=O) groups is 2. The van der Waals surface area contributed by atoms with Gasteiger partial charge >= 0.3 is 0 Å². The van der Waals surface area contributed by atoms with Gasteiger partial charge in [0.25, 0.3) is 5.91 Å². The fourth-order valence-corrected chi connectivity index (χ4v) is 3.91. The second kappa shape index (κ2) is 8.31. The molecule has 1 unspecified atom stereocenters. The maximum Gasteiger partial charge on any atom is 0.260 e. The van der Waals surface area contributed by atoms with E-state index in [-0.39, 0.29) is 19.2 Å². The van der Waals surface area contributed by atoms with E-state index < -0.39 is 11.4 Å². The number of amides is 2. The van der Waals surface area contributed by atoms with E-state index in [1.807, 2.05) is 23.1 Å². The molecule has 2 aliphatic rings. The SMILES string of the molecule is NC(=O)c1cccc(N(Cc2ccc3c(c2)OCO3)C(=O)C(Cl)N2CCCC2)c1. The van der Waals surface area contributed by atoms with Crippen molar-refractivity contribution in [2.75, 3.05) is 24.8 Å². The summed E-state index contributed by atoms with van der Waals surface area (Å²) in [4.78, 5) is 28.5. The van der Waals surface area contributed by atoms with Crippen LogP contribution in [0, 0.1) is 0 Å². The lowest BCUT2D eigenvalue weighted by Gasteiger charge is -2.29. The van der Waals surface area contributed by atoms with Crippen LogP contribution in [-0.4, -0.2) is 42.1 Å². The Morgan fingerprint density at radius 1 is 1.10 bits per heavy atom. The molecule has 2 amide bonds. The van der Waals surface area contributed by atoms with Crippen molar-refractivity contribution >= 4 is 29.1 Å². The summed E-state index contributed by atoms with van der Waals surface area (Å²) in [6.45, 7) is 2.04. The molecule has 1 fully saturated rings. The first kappa shape index (κ1) is 19.5. The number of rotatable bonds is 6. The van der Waals surface area contributed by atoms with E-state index in [9.17, 15) is 9.59 Å². The van der Waals surface area contributed by atoms with Crippen LogP contribution in [0.3, 0.4) is 0 Å². The lowest BCUT2D eigenvalue weighted by Crippen LogP contribution is -2.44. The lowest BCUT2D eigenvalue weighted by molar-refractivity contribution is -0.121. The number of carbonyl (C=O) groups excluding carboxylic acids is 2. The number of alkyl halides is 1. The fraction of sp³-hybridized carbons (Fsp3) is 0.333. The summed E-state index contributed by atoms with van der Waals surface area (Å²) in [5.74, 6) is 0.523. The van der Waals surface area contributed by atoms with Crippen LogP contribution in [0.1, 0.15) is 28.8 Å². The Morgan fingerprint density at radius 3 is 2.62 bits per heavy atom. The highest BCUT2D eigenvalue weighted by atomic mass is 35.5. The number of likely N-dealkylation sites (tertiary alicyclic amines) is 1. The van der Waals surface area contributed by atoms with Crippen LogP contribution < -0.4 is 20.1 Å². The molecule has 8 heteroatoms. The number of hydrogen-bond acceptors (Lipinski definition) is 5. The Bertz CT molecular complexity index is 930. The number of ether oxygens (including phenoxy) is 2. The molecule has 29 heavy (non-hydrogen) atoms. The van der Waals surface area contributed by atoms with Gasteiger partial charge in [0.05, 0.1) is 6.54 Å². The summed E-state index contributed by atoms with van der Waals surface area (Å²) in [5, 5.41) is 0. The molecular formula is C21H22ClN3O4. The molecule has 4 rings (SSSR count). The quantitative estimate of drug-likeness (QED) is 0.579. The maximum absolute atomic E-state index is 13.3. The largest absolute Gasteiger partial charge is 0.454 e. The van der Waals surface area contributed by atoms with Gasteiger partial charge in [0.2, 0.25) is 12.7 Å². The third kappa shape index (κ3) is 4.16. The van der Waals surface area contributed by atoms with Gasteiger partial charge in [-0.15, -0.1) is 0 Å². The molecule has 1 saturated heterocycles. The van der Waals surface area contributed by atoms with Gasteiger partial charge in [0, 0.05) is 24.3 Å². The number of nitrogens with two attached hydrogens (primary N) is 1. The third-order valence-corrected chi connectivity index (χ3v) is 5.61. The average Bonchev–Trinajstić information content (AvgIpc) is 3.42. The normalized spacial score (nSPS) is 16.6. The van der Waals surface area contributed by atoms with Crippen LogP contribution in [0.15, 0.2) is 42.5 Å². The van der Waals surface area contributed by atoms with Crippen molar-refractivity contribution < 1.29 is 19.1 Å². The number of primary amides is 1. The van der Waals surface area contributed by atoms with Crippen molar-refractivity contribution in [3.8, 4) is 11.5 Å².